The fourth-order valence-electron chi connectivity index (χ4n) is 7.09. The zero-order valence-electron chi connectivity index (χ0n) is 29.8. The van der Waals surface area contributed by atoms with E-state index >= 15 is 0 Å². The molecule has 16 nitrogen and oxygen atoms in total. The molecule has 1 saturated heterocycles. The number of carbonyl (C=O) groups excluding carboxylic acids is 1. The summed E-state index contributed by atoms with van der Waals surface area (Å²) in [7, 11) is -7.84. The topological polar surface area (TPSA) is 232 Å². The molecule has 0 unspecified atom stereocenters. The minimum Gasteiger partial charge on any atom is -0.381 e. The lowest BCUT2D eigenvalue weighted by atomic mass is 9.83. The number of nitrogens with zero attached hydrogens (tertiary/aromatic N) is 4. The van der Waals surface area contributed by atoms with E-state index in [1.165, 1.54) is 47.0 Å². The van der Waals surface area contributed by atoms with E-state index in [4.69, 9.17) is 4.74 Å². The van der Waals surface area contributed by atoms with Crippen molar-refractivity contribution in [2.75, 3.05) is 29.2 Å². The molecular formula is C38H33N7O9S2. The second kappa shape index (κ2) is 13.9. The summed E-state index contributed by atoms with van der Waals surface area (Å²) >= 11 is 0. The van der Waals surface area contributed by atoms with Gasteiger partial charge in [0.25, 0.3) is 25.8 Å². The number of benzene rings is 4. The largest absolute Gasteiger partial charge is 0.381 e. The lowest BCUT2D eigenvalue weighted by Crippen LogP contribution is -2.21. The molecule has 5 N–H and O–H groups in total. The maximum absolute atomic E-state index is 14.1. The van der Waals surface area contributed by atoms with Crippen LogP contribution in [0.1, 0.15) is 46.1 Å². The summed E-state index contributed by atoms with van der Waals surface area (Å²) in [6.45, 7) is 2.69. The second-order valence-corrected chi connectivity index (χ2v) is 16.3. The van der Waals surface area contributed by atoms with Crippen LogP contribution in [0.3, 0.4) is 0 Å². The second-order valence-electron chi connectivity index (χ2n) is 13.5. The number of carbonyl (C=O) groups is 1. The van der Waals surface area contributed by atoms with E-state index in [0.29, 0.717) is 65.0 Å². The number of ketones is 1. The van der Waals surface area contributed by atoms with Gasteiger partial charge in [0, 0.05) is 48.9 Å². The van der Waals surface area contributed by atoms with Crippen molar-refractivity contribution in [1.29, 1.82) is 0 Å². The molecule has 0 atom stereocenters. The summed E-state index contributed by atoms with van der Waals surface area (Å²) in [6, 6.07) is 19.9. The first-order chi connectivity index (χ1) is 26.7. The van der Waals surface area contributed by atoms with Gasteiger partial charge in [0.1, 0.15) is 15.6 Å². The third-order valence-electron chi connectivity index (χ3n) is 9.78. The van der Waals surface area contributed by atoms with Crippen LogP contribution in [0.15, 0.2) is 93.4 Å². The summed E-state index contributed by atoms with van der Waals surface area (Å²) in [5.41, 5.74) is 3.06. The van der Waals surface area contributed by atoms with Crippen molar-refractivity contribution in [3.05, 3.63) is 112 Å². The Morgan fingerprint density at radius 1 is 0.714 bits per heavy atom. The molecule has 6 aromatic rings. The molecule has 1 fully saturated rings. The van der Waals surface area contributed by atoms with Gasteiger partial charge in [-0.2, -0.15) is 31.8 Å². The van der Waals surface area contributed by atoms with Crippen molar-refractivity contribution in [3.63, 3.8) is 0 Å². The Morgan fingerprint density at radius 2 is 1.36 bits per heavy atom. The number of ether oxygens (including phenoxy) is 1. The number of hydrogen-bond donors (Lipinski definition) is 5. The number of rotatable bonds is 9. The Kier molecular flexibility index (Phi) is 9.17. The Hall–Kier alpha value is -6.05. The fraction of sp³-hybridized carbons (Fsp3) is 0.184. The van der Waals surface area contributed by atoms with Crippen LogP contribution in [0, 0.1) is 6.92 Å². The SMILES string of the molecule is Cc1ccc(S(=O)(=O)O)c(Nc2nc(Nc3ccc(S(=O)(=O)O)c(Nc4ccc5c6c(cc(=O)n5C)-c5ccccc5C(=O)c46)c3)nc(C3CCOCC3)n2)c1. The molecular weight excluding hydrogens is 763 g/mol. The molecule has 2 aromatic heterocycles. The first kappa shape index (κ1) is 36.9. The fourth-order valence-corrected chi connectivity index (χ4v) is 8.35. The van der Waals surface area contributed by atoms with Crippen LogP contribution in [0.4, 0.5) is 34.6 Å². The van der Waals surface area contributed by atoms with Crippen molar-refractivity contribution in [2.45, 2.75) is 35.5 Å². The monoisotopic (exact) mass is 795 g/mol. The van der Waals surface area contributed by atoms with Gasteiger partial charge in [0.15, 0.2) is 5.78 Å². The zero-order chi connectivity index (χ0) is 39.5. The van der Waals surface area contributed by atoms with Crippen LogP contribution in [0.2, 0.25) is 0 Å². The van der Waals surface area contributed by atoms with Gasteiger partial charge in [-0.3, -0.25) is 18.7 Å². The average Bonchev–Trinajstić information content (AvgIpc) is 3.15. The van der Waals surface area contributed by atoms with Gasteiger partial charge in [-0.05, 0) is 78.9 Å². The summed E-state index contributed by atoms with van der Waals surface area (Å²) in [6.07, 6.45) is 1.21. The molecule has 18 heteroatoms. The van der Waals surface area contributed by atoms with E-state index in [0.717, 1.165) is 0 Å². The van der Waals surface area contributed by atoms with Crippen LogP contribution < -0.4 is 21.5 Å². The van der Waals surface area contributed by atoms with Gasteiger partial charge in [-0.15, -0.1) is 0 Å². The Bertz CT molecular complexity index is 2910. The third kappa shape index (κ3) is 6.88. The van der Waals surface area contributed by atoms with Crippen molar-refractivity contribution in [1.82, 2.24) is 19.5 Å². The van der Waals surface area contributed by atoms with Gasteiger partial charge >= 0.3 is 0 Å². The maximum atomic E-state index is 14.1. The molecule has 3 heterocycles. The van der Waals surface area contributed by atoms with E-state index < -0.39 is 25.1 Å². The van der Waals surface area contributed by atoms with Gasteiger partial charge < -0.3 is 25.3 Å². The first-order valence-corrected chi connectivity index (χ1v) is 20.2. The molecule has 0 amide bonds. The van der Waals surface area contributed by atoms with E-state index in [-0.39, 0.29) is 62.4 Å². The van der Waals surface area contributed by atoms with Crippen LogP contribution >= 0.6 is 0 Å². The number of hydrogen-bond acceptors (Lipinski definition) is 13. The molecule has 286 valence electrons. The Balaban J connectivity index is 1.22. The van der Waals surface area contributed by atoms with E-state index in [1.807, 2.05) is 0 Å². The molecule has 1 aliphatic heterocycles. The van der Waals surface area contributed by atoms with Crippen molar-refractivity contribution >= 4 is 71.6 Å². The van der Waals surface area contributed by atoms with E-state index in [2.05, 4.69) is 30.9 Å². The lowest BCUT2D eigenvalue weighted by molar-refractivity contribution is 0.0836. The highest BCUT2D eigenvalue weighted by atomic mass is 32.2. The molecule has 0 saturated carbocycles. The normalized spacial score (nSPS) is 14.4. The zero-order valence-corrected chi connectivity index (χ0v) is 31.4. The lowest BCUT2D eigenvalue weighted by Gasteiger charge is -2.24. The Morgan fingerprint density at radius 3 is 2.05 bits per heavy atom. The van der Waals surface area contributed by atoms with Gasteiger partial charge in [-0.25, -0.2) is 0 Å². The minimum atomic E-state index is -4.81. The highest BCUT2D eigenvalue weighted by Gasteiger charge is 2.30. The molecule has 56 heavy (non-hydrogen) atoms. The highest BCUT2D eigenvalue weighted by Crippen LogP contribution is 2.43. The molecule has 4 aromatic carbocycles. The molecule has 0 bridgehead atoms. The van der Waals surface area contributed by atoms with Crippen LogP contribution in [0.25, 0.3) is 22.0 Å². The first-order valence-electron chi connectivity index (χ1n) is 17.3. The quantitative estimate of drug-likeness (QED) is 0.108. The number of pyridine rings is 1. The summed E-state index contributed by atoms with van der Waals surface area (Å²) in [5, 5.41) is 9.52. The number of fused-ring (bicyclic) bond motifs is 2. The molecule has 0 spiro atoms. The van der Waals surface area contributed by atoms with Crippen LogP contribution in [-0.2, 0) is 32.0 Å². The smallest absolute Gasteiger partial charge is 0.296 e. The van der Waals surface area contributed by atoms with Crippen LogP contribution in [0.5, 0.6) is 0 Å². The molecule has 1 aliphatic carbocycles. The van der Waals surface area contributed by atoms with Crippen LogP contribution in [-0.4, -0.2) is 64.5 Å². The summed E-state index contributed by atoms with van der Waals surface area (Å²) in [4.78, 5) is 39.9. The number of nitrogens with one attached hydrogen (secondary N) is 3. The third-order valence-corrected chi connectivity index (χ3v) is 11.6. The van der Waals surface area contributed by atoms with E-state index in [9.17, 15) is 35.5 Å². The maximum Gasteiger partial charge on any atom is 0.296 e. The molecule has 0 radical (unpaired) electrons. The summed E-state index contributed by atoms with van der Waals surface area (Å²) in [5.74, 6) is -0.136. The van der Waals surface area contributed by atoms with Crippen molar-refractivity contribution in [3.8, 4) is 11.1 Å². The van der Waals surface area contributed by atoms with Gasteiger partial charge in [0.2, 0.25) is 11.9 Å². The predicted molar refractivity (Wildman–Crippen MR) is 208 cm³/mol. The van der Waals surface area contributed by atoms with Crippen molar-refractivity contribution in [2.24, 2.45) is 7.05 Å². The number of aromatic nitrogens is 4. The van der Waals surface area contributed by atoms with Gasteiger partial charge in [0.05, 0.1) is 28.1 Å². The van der Waals surface area contributed by atoms with Crippen molar-refractivity contribution < 1.29 is 35.5 Å². The van der Waals surface area contributed by atoms with Gasteiger partial charge in [-0.1, -0.05) is 30.3 Å². The van der Waals surface area contributed by atoms with E-state index in [1.54, 1.807) is 50.4 Å². The number of anilines is 6. The number of aryl methyl sites for hydroxylation is 2. The molecule has 8 rings (SSSR count). The summed E-state index contributed by atoms with van der Waals surface area (Å²) < 4.78 is 76.9. The molecule has 2 aliphatic rings. The average molecular weight is 796 g/mol. The Labute approximate surface area is 320 Å². The standard InChI is InChI=1S/C38H33N7O9S2/c1-20-7-11-30(55(48,49)50)27(17-20)41-38-43-36(21-13-15-54-16-14-21)42-37(44-38)39-22-8-12-31(56(51,52)53)28(18-22)40-26-9-10-29-33-25(19-32(46)45(29)2)23-5-3-4-6-24(23)35(47)34(26)33/h3-12,17-19,21,40H,13-16H2,1-2H3,(H,48,49,50)(H,51,52,53)(H2,39,41,42,43,44). The predicted octanol–water partition coefficient (Wildman–Crippen LogP) is 5.86. The minimum absolute atomic E-state index is 0.00810. The highest BCUT2D eigenvalue weighted by molar-refractivity contribution is 7.86.